The van der Waals surface area contributed by atoms with Crippen LogP contribution in [0, 0.1) is 6.92 Å². The van der Waals surface area contributed by atoms with Gasteiger partial charge < -0.3 is 14.0 Å². The van der Waals surface area contributed by atoms with Gasteiger partial charge in [-0.1, -0.05) is 23.7 Å². The van der Waals surface area contributed by atoms with Crippen molar-refractivity contribution in [2.24, 2.45) is 0 Å². The first-order chi connectivity index (χ1) is 16.3. The molecule has 2 amide bonds. The van der Waals surface area contributed by atoms with Gasteiger partial charge in [-0.2, -0.15) is 0 Å². The molecule has 2 heterocycles. The second-order valence-corrected chi connectivity index (χ2v) is 9.17. The number of hydrogen-bond acceptors (Lipinski definition) is 6. The fourth-order valence-electron chi connectivity index (χ4n) is 3.99. The van der Waals surface area contributed by atoms with Crippen molar-refractivity contribution in [1.29, 1.82) is 0 Å². The second-order valence-electron chi connectivity index (χ2n) is 7.66. The molecule has 1 aliphatic heterocycles. The zero-order chi connectivity index (χ0) is 24.4. The van der Waals surface area contributed by atoms with E-state index in [1.165, 1.54) is 16.8 Å². The number of aromatic nitrogens is 1. The monoisotopic (exact) mass is 501 g/mol. The zero-order valence-corrected chi connectivity index (χ0v) is 20.5. The van der Waals surface area contributed by atoms with Crippen molar-refractivity contribution in [3.8, 4) is 5.75 Å². The van der Waals surface area contributed by atoms with E-state index in [-0.39, 0.29) is 36.1 Å². The van der Waals surface area contributed by atoms with E-state index < -0.39 is 5.97 Å². The Kier molecular flexibility index (Phi) is 7.04. The Morgan fingerprint density at radius 1 is 1.21 bits per heavy atom. The highest BCUT2D eigenvalue weighted by Gasteiger charge is 2.34. The van der Waals surface area contributed by atoms with Crippen LogP contribution < -0.4 is 10.2 Å². The molecule has 8 nitrogen and oxygen atoms in total. The number of carbonyl (C=O) groups is 3. The summed E-state index contributed by atoms with van der Waals surface area (Å²) in [5.74, 6) is -0.201. The van der Waals surface area contributed by atoms with Gasteiger partial charge in [0.1, 0.15) is 17.7 Å². The van der Waals surface area contributed by atoms with Crippen LogP contribution in [0.4, 0.5) is 0 Å². The van der Waals surface area contributed by atoms with Gasteiger partial charge in [-0.25, -0.2) is 9.80 Å². The van der Waals surface area contributed by atoms with Crippen LogP contribution in [0.5, 0.6) is 5.75 Å². The minimum atomic E-state index is -0.466. The third kappa shape index (κ3) is 4.58. The van der Waals surface area contributed by atoms with Crippen LogP contribution in [-0.4, -0.2) is 46.8 Å². The van der Waals surface area contributed by atoms with E-state index in [9.17, 15) is 14.4 Å². The molecular weight excluding hydrogens is 478 g/mol. The number of amides is 2. The molecule has 2 aromatic carbocycles. The molecule has 178 valence electrons. The lowest BCUT2D eigenvalue weighted by Gasteiger charge is -2.25. The van der Waals surface area contributed by atoms with Gasteiger partial charge in [0, 0.05) is 21.6 Å². The predicted molar refractivity (Wildman–Crippen MR) is 131 cm³/mol. The maximum Gasteiger partial charge on any atom is 0.340 e. The summed E-state index contributed by atoms with van der Waals surface area (Å²) in [5, 5.41) is 2.23. The van der Waals surface area contributed by atoms with Gasteiger partial charge in [0.25, 0.3) is 11.8 Å². The van der Waals surface area contributed by atoms with E-state index in [2.05, 4.69) is 5.43 Å². The average Bonchev–Trinajstić information content (AvgIpc) is 3.31. The molecule has 0 aliphatic carbocycles. The van der Waals surface area contributed by atoms with E-state index in [1.807, 2.05) is 12.1 Å². The minimum absolute atomic E-state index is 0.0874. The predicted octanol–water partition coefficient (Wildman–Crippen LogP) is 4.09. The number of fused-ring (bicyclic) bond motifs is 1. The van der Waals surface area contributed by atoms with Crippen molar-refractivity contribution in [2.45, 2.75) is 25.8 Å². The summed E-state index contributed by atoms with van der Waals surface area (Å²) >= 11 is 7.41. The summed E-state index contributed by atoms with van der Waals surface area (Å²) < 4.78 is 12.3. The lowest BCUT2D eigenvalue weighted by atomic mass is 10.1. The molecule has 1 N–H and O–H groups in total. The van der Waals surface area contributed by atoms with Gasteiger partial charge in [0.05, 0.1) is 25.0 Å². The minimum Gasteiger partial charge on any atom is -0.497 e. The van der Waals surface area contributed by atoms with Crippen molar-refractivity contribution in [3.63, 3.8) is 0 Å². The molecule has 1 aliphatic rings. The second kappa shape index (κ2) is 9.99. The Morgan fingerprint density at radius 3 is 2.62 bits per heavy atom. The number of ether oxygens (including phenoxy) is 2. The first-order valence-electron chi connectivity index (χ1n) is 10.7. The Balaban J connectivity index is 1.62. The average molecular weight is 502 g/mol. The standard InChI is InChI=1S/C24H24ClN3O5S/c1-4-33-24(31)22-14(2)27(19-10-9-17(32-3)11-18(19)22)12-20(29)26-28-21(30)13-34-23(28)15-5-7-16(25)8-6-15/h5-11,23H,4,12-13H2,1-3H3,(H,26,29). The lowest BCUT2D eigenvalue weighted by Crippen LogP contribution is -2.45. The molecule has 10 heteroatoms. The molecule has 34 heavy (non-hydrogen) atoms. The van der Waals surface area contributed by atoms with Crippen molar-refractivity contribution in [3.05, 3.63) is 64.3 Å². The number of esters is 1. The molecule has 1 atom stereocenters. The van der Waals surface area contributed by atoms with Gasteiger partial charge in [-0.05, 0) is 49.7 Å². The van der Waals surface area contributed by atoms with E-state index >= 15 is 0 Å². The Morgan fingerprint density at radius 2 is 1.94 bits per heavy atom. The first kappa shape index (κ1) is 24.0. The molecule has 0 bridgehead atoms. The van der Waals surface area contributed by atoms with Crippen LogP contribution in [0.15, 0.2) is 42.5 Å². The number of rotatable bonds is 7. The Bertz CT molecular complexity index is 1260. The third-order valence-electron chi connectivity index (χ3n) is 5.58. The van der Waals surface area contributed by atoms with Crippen LogP contribution >= 0.6 is 23.4 Å². The quantitative estimate of drug-likeness (QED) is 0.490. The highest BCUT2D eigenvalue weighted by Crippen LogP contribution is 2.37. The van der Waals surface area contributed by atoms with Gasteiger partial charge in [-0.15, -0.1) is 11.8 Å². The Labute approximate surface area is 206 Å². The number of nitrogens with one attached hydrogen (secondary N) is 1. The summed E-state index contributed by atoms with van der Waals surface area (Å²) in [4.78, 5) is 38.3. The number of benzene rings is 2. The van der Waals surface area contributed by atoms with Gasteiger partial charge >= 0.3 is 5.97 Å². The molecule has 0 radical (unpaired) electrons. The highest BCUT2D eigenvalue weighted by molar-refractivity contribution is 8.00. The van der Waals surface area contributed by atoms with Crippen molar-refractivity contribution < 1.29 is 23.9 Å². The van der Waals surface area contributed by atoms with E-state index in [1.54, 1.807) is 55.9 Å². The Hall–Kier alpha value is -3.17. The smallest absolute Gasteiger partial charge is 0.340 e. The SMILES string of the molecule is CCOC(=O)c1c(C)n(CC(=O)NN2C(=O)CSC2c2ccc(Cl)cc2)c2ccc(OC)cc12. The number of hydrogen-bond donors (Lipinski definition) is 1. The molecule has 4 rings (SSSR count). The third-order valence-corrected chi connectivity index (χ3v) is 7.04. The lowest BCUT2D eigenvalue weighted by molar-refractivity contribution is -0.139. The van der Waals surface area contributed by atoms with E-state index in [0.717, 1.165) is 5.56 Å². The van der Waals surface area contributed by atoms with Crippen molar-refractivity contribution in [1.82, 2.24) is 15.0 Å². The van der Waals surface area contributed by atoms with Crippen molar-refractivity contribution in [2.75, 3.05) is 19.5 Å². The summed E-state index contributed by atoms with van der Waals surface area (Å²) in [6.07, 6.45) is 0. The number of nitrogens with zero attached hydrogens (tertiary/aromatic N) is 2. The van der Waals surface area contributed by atoms with Crippen LogP contribution in [0.3, 0.4) is 0 Å². The summed E-state index contributed by atoms with van der Waals surface area (Å²) in [6.45, 7) is 3.65. The molecule has 0 saturated carbocycles. The molecular formula is C24H24ClN3O5S. The van der Waals surface area contributed by atoms with Crippen molar-refractivity contribution >= 4 is 52.0 Å². The molecule has 1 saturated heterocycles. The first-order valence-corrected chi connectivity index (χ1v) is 12.1. The largest absolute Gasteiger partial charge is 0.497 e. The highest BCUT2D eigenvalue weighted by atomic mass is 35.5. The molecule has 3 aromatic rings. The molecule has 1 fully saturated rings. The summed E-state index contributed by atoms with van der Waals surface area (Å²) in [7, 11) is 1.55. The molecule has 1 unspecified atom stereocenters. The van der Waals surface area contributed by atoms with Crippen LogP contribution in [0.25, 0.3) is 10.9 Å². The van der Waals surface area contributed by atoms with E-state index in [0.29, 0.717) is 32.9 Å². The molecule has 1 aromatic heterocycles. The zero-order valence-electron chi connectivity index (χ0n) is 19.0. The van der Waals surface area contributed by atoms with Gasteiger partial charge in [0.2, 0.25) is 0 Å². The number of carbonyl (C=O) groups excluding carboxylic acids is 3. The normalized spacial score (nSPS) is 15.6. The maximum absolute atomic E-state index is 13.1. The van der Waals surface area contributed by atoms with Gasteiger partial charge in [0.15, 0.2) is 0 Å². The molecule has 0 spiro atoms. The fourth-order valence-corrected chi connectivity index (χ4v) is 5.22. The van der Waals surface area contributed by atoms with Gasteiger partial charge in [-0.3, -0.25) is 15.0 Å². The van der Waals surface area contributed by atoms with Crippen LogP contribution in [0.1, 0.15) is 33.9 Å². The fraction of sp³-hybridized carbons (Fsp3) is 0.292. The van der Waals surface area contributed by atoms with Crippen LogP contribution in [0.2, 0.25) is 5.02 Å². The number of halogens is 1. The topological polar surface area (TPSA) is 89.9 Å². The van der Waals surface area contributed by atoms with Crippen LogP contribution in [-0.2, 0) is 20.9 Å². The number of methoxy groups -OCH3 is 1. The van der Waals surface area contributed by atoms with E-state index in [4.69, 9.17) is 21.1 Å². The number of thioether (sulfide) groups is 1. The summed E-state index contributed by atoms with van der Waals surface area (Å²) in [5.41, 5.74) is 5.27. The number of hydrazine groups is 1. The summed E-state index contributed by atoms with van der Waals surface area (Å²) in [6, 6.07) is 12.5. The maximum atomic E-state index is 13.1.